The normalized spacial score (nSPS) is 12.9. The Morgan fingerprint density at radius 2 is 2.05 bits per heavy atom. The van der Waals surface area contributed by atoms with E-state index in [1.54, 1.807) is 30.3 Å². The molecule has 0 saturated carbocycles. The smallest absolute Gasteiger partial charge is 0.313 e. The third-order valence-electron chi connectivity index (χ3n) is 2.75. The van der Waals surface area contributed by atoms with Gasteiger partial charge in [0.1, 0.15) is 12.1 Å². The van der Waals surface area contributed by atoms with Crippen molar-refractivity contribution < 1.29 is 18.7 Å². The molecule has 1 atom stereocenters. The summed E-state index contributed by atoms with van der Waals surface area (Å²) in [5.41, 5.74) is 6.80. The van der Waals surface area contributed by atoms with Crippen molar-refractivity contribution in [1.82, 2.24) is 0 Å². The Kier molecular flexibility index (Phi) is 6.36. The SMILES string of the molecule is CC(F)(CCOC(=O)CC(=O)c1ccccc1)CN=[N+]=[N-]. The summed E-state index contributed by atoms with van der Waals surface area (Å²) in [6.45, 7) is 0.753. The van der Waals surface area contributed by atoms with Crippen molar-refractivity contribution in [3.05, 3.63) is 46.3 Å². The first-order valence-corrected chi connectivity index (χ1v) is 6.38. The standard InChI is InChI=1S/C14H16FN3O3/c1-14(15,10-17-18-16)7-8-21-13(20)9-12(19)11-5-3-2-4-6-11/h2-6H,7-10H2,1H3. The molecule has 0 aliphatic rings. The molecule has 6 nitrogen and oxygen atoms in total. The zero-order valence-electron chi connectivity index (χ0n) is 11.7. The monoisotopic (exact) mass is 293 g/mol. The lowest BCUT2D eigenvalue weighted by molar-refractivity contribution is -0.143. The van der Waals surface area contributed by atoms with Gasteiger partial charge in [0.2, 0.25) is 0 Å². The van der Waals surface area contributed by atoms with E-state index in [1.165, 1.54) is 6.92 Å². The van der Waals surface area contributed by atoms with Crippen LogP contribution in [0, 0.1) is 0 Å². The average Bonchev–Trinajstić information content (AvgIpc) is 2.46. The number of nitrogens with zero attached hydrogens (tertiary/aromatic N) is 3. The number of esters is 1. The summed E-state index contributed by atoms with van der Waals surface area (Å²) in [6, 6.07) is 8.37. The van der Waals surface area contributed by atoms with E-state index in [1.807, 2.05) is 0 Å². The lowest BCUT2D eigenvalue weighted by atomic mass is 10.1. The summed E-state index contributed by atoms with van der Waals surface area (Å²) in [6.07, 6.45) is -0.485. The molecule has 0 bridgehead atoms. The number of Topliss-reactive ketones (excluding diaryl/α,β-unsaturated/α-hetero) is 1. The molecule has 0 N–H and O–H groups in total. The topological polar surface area (TPSA) is 92.1 Å². The second-order valence-corrected chi connectivity index (χ2v) is 4.74. The van der Waals surface area contributed by atoms with E-state index in [4.69, 9.17) is 10.3 Å². The summed E-state index contributed by atoms with van der Waals surface area (Å²) in [4.78, 5) is 25.7. The van der Waals surface area contributed by atoms with Crippen molar-refractivity contribution in [2.24, 2.45) is 5.11 Å². The molecular formula is C14H16FN3O3. The van der Waals surface area contributed by atoms with Crippen molar-refractivity contribution >= 4 is 11.8 Å². The van der Waals surface area contributed by atoms with Crippen LogP contribution in [0.3, 0.4) is 0 Å². The predicted molar refractivity (Wildman–Crippen MR) is 74.5 cm³/mol. The Balaban J connectivity index is 2.35. The Labute approximate surface area is 121 Å². The van der Waals surface area contributed by atoms with Crippen LogP contribution in [0.25, 0.3) is 10.4 Å². The summed E-state index contributed by atoms with van der Waals surface area (Å²) in [7, 11) is 0. The van der Waals surface area contributed by atoms with Crippen molar-refractivity contribution in [2.75, 3.05) is 13.2 Å². The van der Waals surface area contributed by atoms with Crippen molar-refractivity contribution in [1.29, 1.82) is 0 Å². The van der Waals surface area contributed by atoms with Gasteiger partial charge < -0.3 is 4.74 Å². The van der Waals surface area contributed by atoms with Crippen LogP contribution in [0.2, 0.25) is 0 Å². The molecule has 1 rings (SSSR count). The maximum Gasteiger partial charge on any atom is 0.313 e. The Bertz CT molecular complexity index is 540. The number of carbonyl (C=O) groups excluding carboxylic acids is 2. The first kappa shape index (κ1) is 16.7. The number of hydrogen-bond donors (Lipinski definition) is 0. The number of halogens is 1. The molecule has 0 aliphatic heterocycles. The molecule has 1 aromatic rings. The molecule has 0 saturated heterocycles. The van der Waals surface area contributed by atoms with Gasteiger partial charge in [-0.2, -0.15) is 0 Å². The van der Waals surface area contributed by atoms with E-state index in [0.29, 0.717) is 5.56 Å². The highest BCUT2D eigenvalue weighted by Crippen LogP contribution is 2.16. The fourth-order valence-electron chi connectivity index (χ4n) is 1.54. The third-order valence-corrected chi connectivity index (χ3v) is 2.75. The molecule has 0 heterocycles. The van der Waals surface area contributed by atoms with E-state index in [-0.39, 0.29) is 31.8 Å². The lowest BCUT2D eigenvalue weighted by Gasteiger charge is -2.17. The number of azide groups is 1. The maximum atomic E-state index is 13.7. The van der Waals surface area contributed by atoms with Gasteiger partial charge in [-0.05, 0) is 12.5 Å². The van der Waals surface area contributed by atoms with Gasteiger partial charge in [0.25, 0.3) is 0 Å². The Hall–Kier alpha value is -2.40. The van der Waals surface area contributed by atoms with Crippen LogP contribution < -0.4 is 0 Å². The van der Waals surface area contributed by atoms with Gasteiger partial charge in [-0.3, -0.25) is 9.59 Å². The summed E-state index contributed by atoms with van der Waals surface area (Å²) >= 11 is 0. The van der Waals surface area contributed by atoms with Crippen LogP contribution in [-0.4, -0.2) is 30.6 Å². The van der Waals surface area contributed by atoms with Crippen LogP contribution in [-0.2, 0) is 9.53 Å². The van der Waals surface area contributed by atoms with Crippen molar-refractivity contribution in [3.63, 3.8) is 0 Å². The minimum Gasteiger partial charge on any atom is -0.465 e. The summed E-state index contributed by atoms with van der Waals surface area (Å²) in [5, 5.41) is 3.14. The first-order chi connectivity index (χ1) is 9.94. The van der Waals surface area contributed by atoms with E-state index in [0.717, 1.165) is 0 Å². The highest BCUT2D eigenvalue weighted by Gasteiger charge is 2.23. The molecule has 0 spiro atoms. The molecule has 1 unspecified atom stereocenters. The maximum absolute atomic E-state index is 13.7. The zero-order chi connectivity index (χ0) is 15.7. The number of alkyl halides is 1. The van der Waals surface area contributed by atoms with Crippen molar-refractivity contribution in [3.8, 4) is 0 Å². The molecular weight excluding hydrogens is 277 g/mol. The molecule has 0 aliphatic carbocycles. The number of carbonyl (C=O) groups is 2. The van der Waals surface area contributed by atoms with Gasteiger partial charge in [-0.25, -0.2) is 4.39 Å². The highest BCUT2D eigenvalue weighted by molar-refractivity contribution is 6.05. The van der Waals surface area contributed by atoms with Gasteiger partial charge in [-0.15, -0.1) is 0 Å². The van der Waals surface area contributed by atoms with E-state index in [2.05, 4.69) is 10.0 Å². The van der Waals surface area contributed by atoms with Gasteiger partial charge >= 0.3 is 5.97 Å². The molecule has 112 valence electrons. The van der Waals surface area contributed by atoms with Crippen LogP contribution >= 0.6 is 0 Å². The van der Waals surface area contributed by atoms with Gasteiger partial charge in [0.05, 0.1) is 13.2 Å². The number of ether oxygens (including phenoxy) is 1. The second kappa shape index (κ2) is 8.01. The van der Waals surface area contributed by atoms with E-state index < -0.39 is 11.6 Å². The second-order valence-electron chi connectivity index (χ2n) is 4.74. The van der Waals surface area contributed by atoms with Crippen LogP contribution in [0.4, 0.5) is 4.39 Å². The van der Waals surface area contributed by atoms with Gasteiger partial charge in [0.15, 0.2) is 5.78 Å². The van der Waals surface area contributed by atoms with Gasteiger partial charge in [0, 0.05) is 16.9 Å². The lowest BCUT2D eigenvalue weighted by Crippen LogP contribution is -2.25. The average molecular weight is 293 g/mol. The molecule has 1 aromatic carbocycles. The fourth-order valence-corrected chi connectivity index (χ4v) is 1.54. The van der Waals surface area contributed by atoms with Gasteiger partial charge in [-0.1, -0.05) is 35.4 Å². The zero-order valence-corrected chi connectivity index (χ0v) is 11.7. The number of hydrogen-bond acceptors (Lipinski definition) is 4. The minimum absolute atomic E-state index is 0.0999. The first-order valence-electron chi connectivity index (χ1n) is 6.38. The summed E-state index contributed by atoms with van der Waals surface area (Å²) < 4.78 is 18.5. The highest BCUT2D eigenvalue weighted by atomic mass is 19.1. The minimum atomic E-state index is -1.74. The van der Waals surface area contributed by atoms with Crippen LogP contribution in [0.1, 0.15) is 30.1 Å². The molecule has 0 aromatic heterocycles. The van der Waals surface area contributed by atoms with Crippen LogP contribution in [0.5, 0.6) is 0 Å². The Morgan fingerprint density at radius 1 is 1.38 bits per heavy atom. The quantitative estimate of drug-likeness (QED) is 0.184. The summed E-state index contributed by atoms with van der Waals surface area (Å²) in [5.74, 6) is -1.05. The molecule has 0 fully saturated rings. The number of rotatable bonds is 8. The fraction of sp³-hybridized carbons (Fsp3) is 0.429. The molecule has 0 radical (unpaired) electrons. The van der Waals surface area contributed by atoms with Crippen LogP contribution in [0.15, 0.2) is 35.4 Å². The largest absolute Gasteiger partial charge is 0.465 e. The third kappa shape index (κ3) is 6.54. The predicted octanol–water partition coefficient (Wildman–Crippen LogP) is 3.23. The number of ketones is 1. The van der Waals surface area contributed by atoms with Crippen molar-refractivity contribution in [2.45, 2.75) is 25.4 Å². The van der Waals surface area contributed by atoms with E-state index in [9.17, 15) is 14.0 Å². The molecule has 21 heavy (non-hydrogen) atoms. The molecule has 7 heteroatoms. The van der Waals surface area contributed by atoms with E-state index >= 15 is 0 Å². The Morgan fingerprint density at radius 3 is 2.67 bits per heavy atom. The molecule has 0 amide bonds. The number of benzene rings is 1.